The lowest BCUT2D eigenvalue weighted by molar-refractivity contribution is -0.147. The third-order valence-electron chi connectivity index (χ3n) is 4.99. The van der Waals surface area contributed by atoms with E-state index in [1.807, 2.05) is 6.07 Å². The van der Waals surface area contributed by atoms with Gasteiger partial charge in [0.05, 0.1) is 23.2 Å². The van der Waals surface area contributed by atoms with Crippen molar-refractivity contribution in [1.82, 2.24) is 5.16 Å². The summed E-state index contributed by atoms with van der Waals surface area (Å²) in [6, 6.07) is 8.37. The van der Waals surface area contributed by atoms with Crippen molar-refractivity contribution in [3.8, 4) is 0 Å². The molecule has 0 bridgehead atoms. The van der Waals surface area contributed by atoms with E-state index < -0.39 is 34.4 Å². The molecule has 1 atom stereocenters. The van der Waals surface area contributed by atoms with Crippen LogP contribution in [0.15, 0.2) is 34.9 Å². The van der Waals surface area contributed by atoms with Crippen molar-refractivity contribution in [2.24, 2.45) is 0 Å². The molecule has 1 amide bonds. The number of hydrogen-bond donors (Lipinski definition) is 0. The predicted molar refractivity (Wildman–Crippen MR) is 106 cm³/mol. The fourth-order valence-electron chi connectivity index (χ4n) is 3.50. The number of amides is 1. The van der Waals surface area contributed by atoms with E-state index in [2.05, 4.69) is 5.16 Å². The quantitative estimate of drug-likeness (QED) is 0.631. The molecule has 0 saturated carbocycles. The van der Waals surface area contributed by atoms with Gasteiger partial charge in [-0.3, -0.25) is 9.59 Å². The summed E-state index contributed by atoms with van der Waals surface area (Å²) in [6.07, 6.45) is 0.875. The zero-order valence-electron chi connectivity index (χ0n) is 16.5. The first-order chi connectivity index (χ1) is 13.8. The predicted octanol–water partition coefficient (Wildman–Crippen LogP) is 1.99. The SMILES string of the molecule is Cc1noc(C)c1CCC(=O)OCC(=O)N(c1ccccc1)[C@@H]1CCS(=O)(=O)C1. The van der Waals surface area contributed by atoms with Crippen LogP contribution in [0.25, 0.3) is 0 Å². The second kappa shape index (κ2) is 8.77. The van der Waals surface area contributed by atoms with Crippen LogP contribution in [0.3, 0.4) is 0 Å². The average molecular weight is 420 g/mol. The molecule has 0 aliphatic carbocycles. The highest BCUT2D eigenvalue weighted by molar-refractivity contribution is 7.91. The first-order valence-corrected chi connectivity index (χ1v) is 11.2. The molecule has 8 nitrogen and oxygen atoms in total. The van der Waals surface area contributed by atoms with Gasteiger partial charge in [-0.1, -0.05) is 23.4 Å². The lowest BCUT2D eigenvalue weighted by atomic mass is 10.1. The van der Waals surface area contributed by atoms with E-state index >= 15 is 0 Å². The Morgan fingerprint density at radius 1 is 1.24 bits per heavy atom. The van der Waals surface area contributed by atoms with Crippen LogP contribution >= 0.6 is 0 Å². The number of esters is 1. The van der Waals surface area contributed by atoms with Crippen molar-refractivity contribution in [1.29, 1.82) is 0 Å². The molecule has 29 heavy (non-hydrogen) atoms. The number of hydrogen-bond acceptors (Lipinski definition) is 7. The summed E-state index contributed by atoms with van der Waals surface area (Å²) >= 11 is 0. The van der Waals surface area contributed by atoms with Gasteiger partial charge in [-0.05, 0) is 38.8 Å². The molecule has 0 spiro atoms. The van der Waals surface area contributed by atoms with Crippen LogP contribution in [-0.4, -0.2) is 49.6 Å². The summed E-state index contributed by atoms with van der Waals surface area (Å²) in [6.45, 7) is 3.14. The topological polar surface area (TPSA) is 107 Å². The van der Waals surface area contributed by atoms with Gasteiger partial charge in [0.1, 0.15) is 5.76 Å². The van der Waals surface area contributed by atoms with Crippen molar-refractivity contribution in [3.63, 3.8) is 0 Å². The smallest absolute Gasteiger partial charge is 0.306 e. The largest absolute Gasteiger partial charge is 0.456 e. The van der Waals surface area contributed by atoms with E-state index in [1.54, 1.807) is 38.1 Å². The fourth-order valence-corrected chi connectivity index (χ4v) is 5.20. The molecule has 0 N–H and O–H groups in total. The van der Waals surface area contributed by atoms with Crippen molar-refractivity contribution in [3.05, 3.63) is 47.3 Å². The number of aromatic nitrogens is 1. The molecule has 2 aromatic rings. The fraction of sp³-hybridized carbons (Fsp3) is 0.450. The zero-order chi connectivity index (χ0) is 21.0. The highest BCUT2D eigenvalue weighted by Gasteiger charge is 2.35. The normalized spacial score (nSPS) is 17.8. The molecular formula is C20H24N2O6S. The molecule has 1 aromatic heterocycles. The molecule has 1 saturated heterocycles. The van der Waals surface area contributed by atoms with Gasteiger partial charge in [0, 0.05) is 17.7 Å². The van der Waals surface area contributed by atoms with Gasteiger partial charge >= 0.3 is 5.97 Å². The first kappa shape index (κ1) is 21.0. The monoisotopic (exact) mass is 420 g/mol. The van der Waals surface area contributed by atoms with E-state index in [-0.39, 0.29) is 17.9 Å². The second-order valence-electron chi connectivity index (χ2n) is 7.12. The summed E-state index contributed by atoms with van der Waals surface area (Å²) in [7, 11) is -3.17. The summed E-state index contributed by atoms with van der Waals surface area (Å²) in [5.74, 6) is -0.336. The van der Waals surface area contributed by atoms with Gasteiger partial charge in [-0.2, -0.15) is 0 Å². The molecule has 156 valence electrons. The molecule has 0 radical (unpaired) electrons. The van der Waals surface area contributed by atoms with E-state index in [1.165, 1.54) is 4.90 Å². The van der Waals surface area contributed by atoms with Gasteiger partial charge < -0.3 is 14.2 Å². The molecule has 1 aromatic carbocycles. The maximum atomic E-state index is 12.8. The summed E-state index contributed by atoms with van der Waals surface area (Å²) in [5, 5.41) is 3.84. The van der Waals surface area contributed by atoms with Gasteiger partial charge in [0.15, 0.2) is 16.4 Å². The third kappa shape index (κ3) is 5.23. The number of benzene rings is 1. The highest BCUT2D eigenvalue weighted by Crippen LogP contribution is 2.24. The van der Waals surface area contributed by atoms with Crippen molar-refractivity contribution in [2.45, 2.75) is 39.2 Å². The third-order valence-corrected chi connectivity index (χ3v) is 6.74. The number of carbonyl (C=O) groups excluding carboxylic acids is 2. The standard InChI is InChI=1S/C20H24N2O6S/c1-14-18(15(2)28-21-14)8-9-20(24)27-12-19(23)22(16-6-4-3-5-7-16)17-10-11-29(25,26)13-17/h3-7,17H,8-13H2,1-2H3/t17-/m1/s1. The second-order valence-corrected chi connectivity index (χ2v) is 9.35. The Hall–Kier alpha value is -2.68. The van der Waals surface area contributed by atoms with E-state index in [0.717, 1.165) is 11.3 Å². The number of anilines is 1. The minimum atomic E-state index is -3.17. The van der Waals surface area contributed by atoms with Crippen molar-refractivity contribution >= 4 is 27.4 Å². The van der Waals surface area contributed by atoms with E-state index in [4.69, 9.17) is 9.26 Å². The summed E-state index contributed by atoms with van der Waals surface area (Å²) in [5.41, 5.74) is 2.17. The number of nitrogens with zero attached hydrogens (tertiary/aromatic N) is 2. The van der Waals surface area contributed by atoms with E-state index in [9.17, 15) is 18.0 Å². The Balaban J connectivity index is 1.62. The van der Waals surface area contributed by atoms with Crippen LogP contribution in [-0.2, 0) is 30.6 Å². The van der Waals surface area contributed by atoms with Gasteiger partial charge in [0.2, 0.25) is 0 Å². The number of rotatable bonds is 7. The lowest BCUT2D eigenvalue weighted by Gasteiger charge is -2.28. The molecule has 3 rings (SSSR count). The molecule has 1 aliphatic rings. The maximum Gasteiger partial charge on any atom is 0.306 e. The number of sulfone groups is 1. The number of carbonyl (C=O) groups is 2. The van der Waals surface area contributed by atoms with E-state index in [0.29, 0.717) is 24.3 Å². The Bertz CT molecular complexity index is 964. The Morgan fingerprint density at radius 2 is 1.97 bits per heavy atom. The van der Waals surface area contributed by atoms with Crippen LogP contribution < -0.4 is 4.90 Å². The van der Waals surface area contributed by atoms with Gasteiger partial charge in [-0.15, -0.1) is 0 Å². The van der Waals surface area contributed by atoms with Gasteiger partial charge in [-0.25, -0.2) is 8.42 Å². The molecule has 0 unspecified atom stereocenters. The zero-order valence-corrected chi connectivity index (χ0v) is 17.3. The molecular weight excluding hydrogens is 396 g/mol. The Kier molecular flexibility index (Phi) is 6.36. The minimum Gasteiger partial charge on any atom is -0.456 e. The molecule has 2 heterocycles. The van der Waals surface area contributed by atoms with Crippen LogP contribution in [0.1, 0.15) is 29.9 Å². The van der Waals surface area contributed by atoms with Crippen LogP contribution in [0.4, 0.5) is 5.69 Å². The summed E-state index contributed by atoms with van der Waals surface area (Å²) < 4.78 is 34.0. The first-order valence-electron chi connectivity index (χ1n) is 9.42. The molecule has 1 fully saturated rings. The van der Waals surface area contributed by atoms with Gasteiger partial charge in [0.25, 0.3) is 5.91 Å². The Morgan fingerprint density at radius 3 is 2.55 bits per heavy atom. The number of para-hydroxylation sites is 1. The number of aryl methyl sites for hydroxylation is 2. The van der Waals surface area contributed by atoms with Crippen molar-refractivity contribution < 1.29 is 27.3 Å². The maximum absolute atomic E-state index is 12.8. The average Bonchev–Trinajstić information content (AvgIpc) is 3.20. The van der Waals surface area contributed by atoms with Crippen LogP contribution in [0.5, 0.6) is 0 Å². The highest BCUT2D eigenvalue weighted by atomic mass is 32.2. The number of ether oxygens (including phenoxy) is 1. The molecule has 9 heteroatoms. The van der Waals surface area contributed by atoms with Crippen LogP contribution in [0, 0.1) is 13.8 Å². The molecule has 1 aliphatic heterocycles. The Labute approximate surface area is 169 Å². The minimum absolute atomic E-state index is 0.0471. The van der Waals surface area contributed by atoms with Crippen molar-refractivity contribution in [2.75, 3.05) is 23.0 Å². The summed E-state index contributed by atoms with van der Waals surface area (Å²) in [4.78, 5) is 26.4. The van der Waals surface area contributed by atoms with Crippen LogP contribution in [0.2, 0.25) is 0 Å². The lowest BCUT2D eigenvalue weighted by Crippen LogP contribution is -2.43.